The summed E-state index contributed by atoms with van der Waals surface area (Å²) in [6, 6.07) is 7.86. The molecule has 0 bridgehead atoms. The minimum atomic E-state index is -0.947. The molecule has 0 aromatic heterocycles. The van der Waals surface area contributed by atoms with Crippen molar-refractivity contribution in [1.82, 2.24) is 4.90 Å². The number of hydrogen-bond acceptors (Lipinski definition) is 3. The molecule has 1 fully saturated rings. The standard InChI is InChI=1S/C17H23NO4/c1-2-11-22-15-8-3-13(4-9-15)5-10-16(19)18(12-17(20)21)14-6-7-14/h3-4,8-9,14H,2,5-7,10-12H2,1H3,(H,20,21). The van der Waals surface area contributed by atoms with Gasteiger partial charge in [-0.05, 0) is 43.4 Å². The van der Waals surface area contributed by atoms with Gasteiger partial charge >= 0.3 is 5.97 Å². The van der Waals surface area contributed by atoms with Crippen molar-refractivity contribution >= 4 is 11.9 Å². The zero-order valence-corrected chi connectivity index (χ0v) is 13.0. The predicted molar refractivity (Wildman–Crippen MR) is 82.9 cm³/mol. The highest BCUT2D eigenvalue weighted by atomic mass is 16.5. The summed E-state index contributed by atoms with van der Waals surface area (Å²) in [7, 11) is 0. The van der Waals surface area contributed by atoms with Crippen molar-refractivity contribution in [3.05, 3.63) is 29.8 Å². The molecule has 0 radical (unpaired) electrons. The lowest BCUT2D eigenvalue weighted by molar-refractivity contribution is -0.144. The third-order valence-electron chi connectivity index (χ3n) is 3.64. The number of carboxylic acid groups (broad SMARTS) is 1. The Bertz CT molecular complexity index is 508. The van der Waals surface area contributed by atoms with E-state index >= 15 is 0 Å². The van der Waals surface area contributed by atoms with Crippen LogP contribution in [0.15, 0.2) is 24.3 Å². The number of aliphatic carboxylic acids is 1. The highest BCUT2D eigenvalue weighted by molar-refractivity contribution is 5.82. The number of carbonyl (C=O) groups is 2. The first-order valence-corrected chi connectivity index (χ1v) is 7.83. The van der Waals surface area contributed by atoms with Gasteiger partial charge in [-0.25, -0.2) is 0 Å². The summed E-state index contributed by atoms with van der Waals surface area (Å²) < 4.78 is 5.52. The van der Waals surface area contributed by atoms with E-state index in [0.717, 1.165) is 30.6 Å². The van der Waals surface area contributed by atoms with Crippen LogP contribution in [-0.4, -0.2) is 41.1 Å². The molecule has 2 rings (SSSR count). The minimum absolute atomic E-state index is 0.0730. The van der Waals surface area contributed by atoms with E-state index in [1.54, 1.807) is 0 Å². The quantitative estimate of drug-likeness (QED) is 0.761. The second-order valence-corrected chi connectivity index (χ2v) is 5.64. The lowest BCUT2D eigenvalue weighted by Gasteiger charge is -2.20. The number of carboxylic acids is 1. The van der Waals surface area contributed by atoms with Crippen molar-refractivity contribution in [3.63, 3.8) is 0 Å². The van der Waals surface area contributed by atoms with Crippen LogP contribution in [0, 0.1) is 0 Å². The van der Waals surface area contributed by atoms with Gasteiger partial charge in [-0.3, -0.25) is 9.59 Å². The number of ether oxygens (including phenoxy) is 1. The number of carbonyl (C=O) groups excluding carboxylic acids is 1. The predicted octanol–water partition coefficient (Wildman–Crippen LogP) is 2.48. The molecule has 1 aliphatic carbocycles. The average Bonchev–Trinajstić information content (AvgIpc) is 3.33. The SMILES string of the molecule is CCCOc1ccc(CCC(=O)N(CC(=O)O)C2CC2)cc1. The zero-order valence-electron chi connectivity index (χ0n) is 13.0. The molecule has 0 unspecified atom stereocenters. The molecule has 1 aliphatic rings. The molecule has 5 nitrogen and oxygen atoms in total. The van der Waals surface area contributed by atoms with Crippen LogP contribution in [0.1, 0.15) is 38.2 Å². The van der Waals surface area contributed by atoms with Gasteiger partial charge in [0.15, 0.2) is 0 Å². The number of aryl methyl sites for hydroxylation is 1. The summed E-state index contributed by atoms with van der Waals surface area (Å²) in [6.07, 6.45) is 3.77. The second-order valence-electron chi connectivity index (χ2n) is 5.64. The van der Waals surface area contributed by atoms with Crippen molar-refractivity contribution in [2.75, 3.05) is 13.2 Å². The molecule has 0 aliphatic heterocycles. The number of nitrogens with zero attached hydrogens (tertiary/aromatic N) is 1. The van der Waals surface area contributed by atoms with Crippen LogP contribution in [0.2, 0.25) is 0 Å². The molecular weight excluding hydrogens is 282 g/mol. The maximum Gasteiger partial charge on any atom is 0.323 e. The van der Waals surface area contributed by atoms with Gasteiger partial charge in [-0.2, -0.15) is 0 Å². The summed E-state index contributed by atoms with van der Waals surface area (Å²) in [6.45, 7) is 2.57. The highest BCUT2D eigenvalue weighted by Gasteiger charge is 2.33. The maximum atomic E-state index is 12.2. The third kappa shape index (κ3) is 5.06. The first-order valence-electron chi connectivity index (χ1n) is 7.83. The lowest BCUT2D eigenvalue weighted by Crippen LogP contribution is -2.37. The Kier molecular flexibility index (Phi) is 5.81. The van der Waals surface area contributed by atoms with Gasteiger partial charge in [-0.1, -0.05) is 19.1 Å². The Labute approximate surface area is 130 Å². The zero-order chi connectivity index (χ0) is 15.9. The van der Waals surface area contributed by atoms with Gasteiger partial charge in [0.1, 0.15) is 12.3 Å². The van der Waals surface area contributed by atoms with Crippen LogP contribution in [-0.2, 0) is 16.0 Å². The van der Waals surface area contributed by atoms with E-state index in [-0.39, 0.29) is 18.5 Å². The number of hydrogen-bond donors (Lipinski definition) is 1. The van der Waals surface area contributed by atoms with Crippen LogP contribution in [0.25, 0.3) is 0 Å². The molecule has 1 amide bonds. The summed E-state index contributed by atoms with van der Waals surface area (Å²) in [5, 5.41) is 8.89. The number of benzene rings is 1. The number of rotatable bonds is 9. The fourth-order valence-electron chi connectivity index (χ4n) is 2.32. The fourth-order valence-corrected chi connectivity index (χ4v) is 2.32. The monoisotopic (exact) mass is 305 g/mol. The van der Waals surface area contributed by atoms with Crippen molar-refractivity contribution in [3.8, 4) is 5.75 Å². The molecule has 22 heavy (non-hydrogen) atoms. The maximum absolute atomic E-state index is 12.2. The Morgan fingerprint density at radius 2 is 1.95 bits per heavy atom. The molecule has 1 aromatic rings. The highest BCUT2D eigenvalue weighted by Crippen LogP contribution is 2.27. The number of amides is 1. The van der Waals surface area contributed by atoms with Gasteiger partial charge in [0.05, 0.1) is 6.61 Å². The Balaban J connectivity index is 1.83. The molecule has 1 N–H and O–H groups in total. The summed E-state index contributed by atoms with van der Waals surface area (Å²) in [5.74, 6) is -0.184. The Morgan fingerprint density at radius 3 is 2.50 bits per heavy atom. The molecule has 1 saturated carbocycles. The van der Waals surface area contributed by atoms with E-state index in [1.165, 1.54) is 4.90 Å². The second kappa shape index (κ2) is 7.82. The van der Waals surface area contributed by atoms with Crippen LogP contribution >= 0.6 is 0 Å². The summed E-state index contributed by atoms with van der Waals surface area (Å²) >= 11 is 0. The molecule has 0 spiro atoms. The van der Waals surface area contributed by atoms with Gasteiger partial charge in [0.25, 0.3) is 0 Å². The molecule has 0 atom stereocenters. The van der Waals surface area contributed by atoms with Gasteiger partial charge in [0.2, 0.25) is 5.91 Å². The normalized spacial score (nSPS) is 13.7. The van der Waals surface area contributed by atoms with E-state index in [9.17, 15) is 9.59 Å². The van der Waals surface area contributed by atoms with E-state index in [0.29, 0.717) is 19.4 Å². The van der Waals surface area contributed by atoms with Gasteiger partial charge in [0, 0.05) is 12.5 Å². The molecule has 120 valence electrons. The van der Waals surface area contributed by atoms with Crippen LogP contribution in [0.4, 0.5) is 0 Å². The van der Waals surface area contributed by atoms with Crippen LogP contribution in [0.3, 0.4) is 0 Å². The van der Waals surface area contributed by atoms with E-state index in [1.807, 2.05) is 24.3 Å². The Morgan fingerprint density at radius 1 is 1.27 bits per heavy atom. The van der Waals surface area contributed by atoms with Crippen molar-refractivity contribution < 1.29 is 19.4 Å². The molecule has 0 heterocycles. The first kappa shape index (κ1) is 16.3. The summed E-state index contributed by atoms with van der Waals surface area (Å²) in [4.78, 5) is 24.5. The van der Waals surface area contributed by atoms with Crippen molar-refractivity contribution in [2.45, 2.75) is 45.1 Å². The van der Waals surface area contributed by atoms with Gasteiger partial charge in [-0.15, -0.1) is 0 Å². The lowest BCUT2D eigenvalue weighted by atomic mass is 10.1. The van der Waals surface area contributed by atoms with Crippen molar-refractivity contribution in [1.29, 1.82) is 0 Å². The average molecular weight is 305 g/mol. The van der Waals surface area contributed by atoms with E-state index in [2.05, 4.69) is 6.92 Å². The fraction of sp³-hybridized carbons (Fsp3) is 0.529. The summed E-state index contributed by atoms with van der Waals surface area (Å²) in [5.41, 5.74) is 1.06. The van der Waals surface area contributed by atoms with Crippen LogP contribution in [0.5, 0.6) is 5.75 Å². The van der Waals surface area contributed by atoms with E-state index in [4.69, 9.17) is 9.84 Å². The minimum Gasteiger partial charge on any atom is -0.494 e. The molecular formula is C17H23NO4. The Hall–Kier alpha value is -2.04. The third-order valence-corrected chi connectivity index (χ3v) is 3.64. The smallest absolute Gasteiger partial charge is 0.323 e. The van der Waals surface area contributed by atoms with Crippen molar-refractivity contribution in [2.24, 2.45) is 0 Å². The molecule has 0 saturated heterocycles. The first-order chi connectivity index (χ1) is 10.6. The largest absolute Gasteiger partial charge is 0.494 e. The van der Waals surface area contributed by atoms with Crippen LogP contribution < -0.4 is 4.74 Å². The topological polar surface area (TPSA) is 66.8 Å². The van der Waals surface area contributed by atoms with E-state index < -0.39 is 5.97 Å². The van der Waals surface area contributed by atoms with Gasteiger partial charge < -0.3 is 14.7 Å². The molecule has 1 aromatic carbocycles. The molecule has 5 heteroatoms.